The van der Waals surface area contributed by atoms with Gasteiger partial charge in [-0.2, -0.15) is 0 Å². The fourth-order valence-corrected chi connectivity index (χ4v) is 6.34. The summed E-state index contributed by atoms with van der Waals surface area (Å²) in [5, 5.41) is 0. The van der Waals surface area contributed by atoms with E-state index in [1.165, 1.54) is 11.1 Å². The van der Waals surface area contributed by atoms with Gasteiger partial charge >= 0.3 is 6.09 Å². The van der Waals surface area contributed by atoms with Crippen molar-refractivity contribution in [2.24, 2.45) is 5.92 Å². The van der Waals surface area contributed by atoms with Crippen LogP contribution in [0.2, 0.25) is 0 Å². The maximum atomic E-state index is 13.2. The summed E-state index contributed by atoms with van der Waals surface area (Å²) >= 11 is 0. The number of amides is 1. The van der Waals surface area contributed by atoms with E-state index in [4.69, 9.17) is 18.9 Å². The topological polar surface area (TPSA) is 57.2 Å². The highest BCUT2D eigenvalue weighted by Crippen LogP contribution is 2.63. The van der Waals surface area contributed by atoms with Crippen LogP contribution in [0.4, 0.5) is 4.79 Å². The second-order valence-electron chi connectivity index (χ2n) is 8.72. The van der Waals surface area contributed by atoms with Crippen LogP contribution in [0.15, 0.2) is 54.3 Å². The molecule has 1 saturated heterocycles. The molecule has 4 atom stereocenters. The third kappa shape index (κ3) is 2.42. The number of hydrogen-bond acceptors (Lipinski definition) is 5. The summed E-state index contributed by atoms with van der Waals surface area (Å²) in [7, 11) is 3.39. The summed E-state index contributed by atoms with van der Waals surface area (Å²) < 4.78 is 23.7. The van der Waals surface area contributed by atoms with Gasteiger partial charge < -0.3 is 23.8 Å². The average Bonchev–Trinajstić information content (AvgIpc) is 3.14. The number of carbonyl (C=O) groups excluding carboxylic acids is 1. The van der Waals surface area contributed by atoms with E-state index in [0.29, 0.717) is 12.3 Å². The van der Waals surface area contributed by atoms with E-state index in [0.717, 1.165) is 36.5 Å². The molecular formula is C25H25NO5. The number of para-hydroxylation sites is 1. The number of allylic oxidation sites excluding steroid dienone is 1. The van der Waals surface area contributed by atoms with Crippen LogP contribution in [0.3, 0.4) is 0 Å². The maximum absolute atomic E-state index is 13.2. The predicted octanol–water partition coefficient (Wildman–Crippen LogP) is 4.07. The summed E-state index contributed by atoms with van der Waals surface area (Å²) in [6, 6.07) is 13.4. The lowest BCUT2D eigenvalue weighted by Gasteiger charge is -2.56. The molecule has 1 spiro atoms. The van der Waals surface area contributed by atoms with E-state index in [1.807, 2.05) is 41.3 Å². The van der Waals surface area contributed by atoms with Crippen LogP contribution in [-0.4, -0.2) is 43.9 Å². The van der Waals surface area contributed by atoms with Crippen LogP contribution in [0.25, 0.3) is 0 Å². The van der Waals surface area contributed by atoms with E-state index >= 15 is 0 Å². The van der Waals surface area contributed by atoms with Crippen LogP contribution >= 0.6 is 0 Å². The van der Waals surface area contributed by atoms with Crippen molar-refractivity contribution in [1.29, 1.82) is 0 Å². The molecule has 0 radical (unpaired) electrons. The van der Waals surface area contributed by atoms with E-state index in [-0.39, 0.29) is 29.6 Å². The number of piperidine rings is 1. The molecule has 2 aliphatic heterocycles. The lowest BCUT2D eigenvalue weighted by atomic mass is 9.53. The third-order valence-corrected chi connectivity index (χ3v) is 7.57. The molecule has 31 heavy (non-hydrogen) atoms. The zero-order valence-corrected chi connectivity index (χ0v) is 17.7. The molecule has 1 amide bonds. The summed E-state index contributed by atoms with van der Waals surface area (Å²) in [5.74, 6) is 3.30. The van der Waals surface area contributed by atoms with Crippen LogP contribution in [0, 0.1) is 5.92 Å². The van der Waals surface area contributed by atoms with Crippen molar-refractivity contribution in [1.82, 2.24) is 4.90 Å². The Hall–Kier alpha value is -3.15. The van der Waals surface area contributed by atoms with E-state index in [1.54, 1.807) is 14.2 Å². The standard InChI is InChI=1S/C25H25NO5/c1-28-19-10-8-15-14-18-17-9-11-20(29-2)23-25(17,21(15)22(19)31-23)12-13-26(18)24(27)30-16-6-4-3-5-7-16/h3-8,10-11,17-18,23H,9,12-14H2,1-2H3/t17?,18-,23?,25+/m0/s1. The first-order valence-electron chi connectivity index (χ1n) is 10.8. The van der Waals surface area contributed by atoms with Gasteiger partial charge in [-0.15, -0.1) is 0 Å². The fourth-order valence-electron chi connectivity index (χ4n) is 6.34. The molecule has 6 rings (SSSR count). The first-order chi connectivity index (χ1) is 15.2. The Morgan fingerprint density at radius 2 is 1.97 bits per heavy atom. The number of methoxy groups -OCH3 is 2. The second kappa shape index (κ2) is 6.67. The van der Waals surface area contributed by atoms with Gasteiger partial charge in [0, 0.05) is 18.2 Å². The Morgan fingerprint density at radius 3 is 2.74 bits per heavy atom. The molecule has 0 saturated carbocycles. The van der Waals surface area contributed by atoms with Gasteiger partial charge in [-0.05, 0) is 55.0 Å². The molecule has 1 fully saturated rings. The van der Waals surface area contributed by atoms with Crippen LogP contribution in [0.5, 0.6) is 17.2 Å². The fraction of sp³-hybridized carbons (Fsp3) is 0.400. The van der Waals surface area contributed by atoms with Gasteiger partial charge in [0.1, 0.15) is 11.5 Å². The average molecular weight is 419 g/mol. The highest BCUT2D eigenvalue weighted by molar-refractivity contribution is 5.73. The van der Waals surface area contributed by atoms with Crippen molar-refractivity contribution >= 4 is 6.09 Å². The van der Waals surface area contributed by atoms with Crippen molar-refractivity contribution in [2.45, 2.75) is 36.8 Å². The largest absolute Gasteiger partial charge is 0.497 e. The van der Waals surface area contributed by atoms with Gasteiger partial charge in [0.2, 0.25) is 0 Å². The third-order valence-electron chi connectivity index (χ3n) is 7.57. The molecule has 2 bridgehead atoms. The molecule has 160 valence electrons. The first-order valence-corrected chi connectivity index (χ1v) is 10.8. The smallest absolute Gasteiger partial charge is 0.415 e. The molecule has 2 aliphatic carbocycles. The Morgan fingerprint density at radius 1 is 1.13 bits per heavy atom. The summed E-state index contributed by atoms with van der Waals surface area (Å²) in [5.41, 5.74) is 2.29. The molecular weight excluding hydrogens is 394 g/mol. The molecule has 6 heteroatoms. The highest BCUT2D eigenvalue weighted by Gasteiger charge is 2.65. The van der Waals surface area contributed by atoms with Crippen LogP contribution in [0.1, 0.15) is 24.0 Å². The summed E-state index contributed by atoms with van der Waals surface area (Å²) in [6.07, 6.45) is 4.11. The Balaban J connectivity index is 1.43. The number of nitrogens with zero attached hydrogens (tertiary/aromatic N) is 1. The second-order valence-corrected chi connectivity index (χ2v) is 8.72. The van der Waals surface area contributed by atoms with Gasteiger partial charge in [-0.3, -0.25) is 0 Å². The first kappa shape index (κ1) is 18.6. The quantitative estimate of drug-likeness (QED) is 0.751. The van der Waals surface area contributed by atoms with E-state index in [9.17, 15) is 4.79 Å². The Kier molecular flexibility index (Phi) is 4.01. The molecule has 6 nitrogen and oxygen atoms in total. The SMILES string of the molecule is COC1=CCC2[C@@H]3Cc4ccc(OC)c5c4[C@]2(CCN3C(=O)Oc2ccccc2)C1O5. The van der Waals surface area contributed by atoms with Crippen molar-refractivity contribution < 1.29 is 23.7 Å². The van der Waals surface area contributed by atoms with Crippen LogP contribution < -0.4 is 14.2 Å². The maximum Gasteiger partial charge on any atom is 0.415 e. The summed E-state index contributed by atoms with van der Waals surface area (Å²) in [4.78, 5) is 15.1. The molecule has 4 aliphatic rings. The molecule has 2 aromatic carbocycles. The number of rotatable bonds is 3. The van der Waals surface area contributed by atoms with E-state index < -0.39 is 0 Å². The van der Waals surface area contributed by atoms with Gasteiger partial charge in [0.25, 0.3) is 0 Å². The lowest BCUT2D eigenvalue weighted by Crippen LogP contribution is -2.65. The zero-order chi connectivity index (χ0) is 21.2. The zero-order valence-electron chi connectivity index (χ0n) is 17.7. The van der Waals surface area contributed by atoms with Crippen molar-refractivity contribution in [3.05, 3.63) is 65.4 Å². The van der Waals surface area contributed by atoms with Crippen LogP contribution in [-0.2, 0) is 16.6 Å². The monoisotopic (exact) mass is 419 g/mol. The predicted molar refractivity (Wildman–Crippen MR) is 114 cm³/mol. The highest BCUT2D eigenvalue weighted by atomic mass is 16.6. The van der Waals surface area contributed by atoms with Crippen molar-refractivity contribution in [3.8, 4) is 17.2 Å². The Labute approximate surface area is 181 Å². The summed E-state index contributed by atoms with van der Waals surface area (Å²) in [6.45, 7) is 0.625. The number of likely N-dealkylation sites (tertiary alicyclic amines) is 1. The van der Waals surface area contributed by atoms with Gasteiger partial charge in [0.15, 0.2) is 17.6 Å². The number of benzene rings is 2. The van der Waals surface area contributed by atoms with Crippen molar-refractivity contribution in [3.63, 3.8) is 0 Å². The van der Waals surface area contributed by atoms with Gasteiger partial charge in [-0.25, -0.2) is 4.79 Å². The Bertz CT molecular complexity index is 1080. The van der Waals surface area contributed by atoms with Gasteiger partial charge in [-0.1, -0.05) is 24.3 Å². The minimum absolute atomic E-state index is 0.0533. The normalized spacial score (nSPS) is 29.4. The minimum Gasteiger partial charge on any atom is -0.497 e. The number of carbonyl (C=O) groups is 1. The lowest BCUT2D eigenvalue weighted by molar-refractivity contribution is -0.0271. The van der Waals surface area contributed by atoms with Crippen molar-refractivity contribution in [2.75, 3.05) is 20.8 Å². The number of hydrogen-bond donors (Lipinski definition) is 0. The molecule has 2 unspecified atom stereocenters. The minimum atomic E-state index is -0.278. The van der Waals surface area contributed by atoms with Gasteiger partial charge in [0.05, 0.1) is 19.6 Å². The molecule has 2 aromatic rings. The van der Waals surface area contributed by atoms with E-state index in [2.05, 4.69) is 12.1 Å². The molecule has 0 aromatic heterocycles. The number of ether oxygens (including phenoxy) is 4. The molecule has 2 heterocycles. The molecule has 0 N–H and O–H groups in total.